The van der Waals surface area contributed by atoms with Crippen molar-refractivity contribution in [3.8, 4) is 5.75 Å². The molecule has 112 valence electrons. The first kappa shape index (κ1) is 15.8. The van der Waals surface area contributed by atoms with Gasteiger partial charge in [-0.05, 0) is 47.2 Å². The maximum absolute atomic E-state index is 11.7. The number of nitrogens with one attached hydrogen (secondary N) is 2. The summed E-state index contributed by atoms with van der Waals surface area (Å²) in [5.74, 6) is 0.170. The van der Waals surface area contributed by atoms with Gasteiger partial charge in [-0.1, -0.05) is 18.2 Å². The third-order valence-corrected chi connectivity index (χ3v) is 5.02. The van der Waals surface area contributed by atoms with Crippen LogP contribution in [0.4, 0.5) is 5.69 Å². The molecule has 5 nitrogen and oxygen atoms in total. The van der Waals surface area contributed by atoms with Gasteiger partial charge in [0.25, 0.3) is 0 Å². The first-order valence-corrected chi connectivity index (χ1v) is 8.45. The highest BCUT2D eigenvalue weighted by Gasteiger charge is 2.11. The number of sulfonamides is 1. The van der Waals surface area contributed by atoms with Gasteiger partial charge < -0.3 is 10.4 Å². The molecule has 0 amide bonds. The summed E-state index contributed by atoms with van der Waals surface area (Å²) in [6.45, 7) is 0.383. The zero-order valence-corrected chi connectivity index (χ0v) is 13.7. The average molecular weight is 371 g/mol. The second-order valence-corrected chi connectivity index (χ2v) is 7.08. The van der Waals surface area contributed by atoms with Gasteiger partial charge in [-0.2, -0.15) is 0 Å². The quantitative estimate of drug-likeness (QED) is 0.755. The molecule has 21 heavy (non-hydrogen) atoms. The highest BCUT2D eigenvalue weighted by Crippen LogP contribution is 2.28. The molecule has 0 heterocycles. The minimum atomic E-state index is -3.47. The molecular weight excluding hydrogens is 356 g/mol. The molecule has 2 aromatic carbocycles. The number of aromatic hydroxyl groups is 1. The van der Waals surface area contributed by atoms with Crippen LogP contribution in [0.2, 0.25) is 0 Å². The van der Waals surface area contributed by atoms with Gasteiger partial charge in [0.1, 0.15) is 5.75 Å². The molecule has 0 aliphatic heterocycles. The fourth-order valence-electron chi connectivity index (χ4n) is 1.79. The van der Waals surface area contributed by atoms with Crippen LogP contribution in [0.15, 0.2) is 51.8 Å². The summed E-state index contributed by atoms with van der Waals surface area (Å²) in [7, 11) is -2.10. The molecule has 0 saturated heterocycles. The average Bonchev–Trinajstić information content (AvgIpc) is 2.49. The van der Waals surface area contributed by atoms with Crippen LogP contribution < -0.4 is 10.0 Å². The van der Waals surface area contributed by atoms with Crippen molar-refractivity contribution in [3.63, 3.8) is 0 Å². The van der Waals surface area contributed by atoms with E-state index in [-0.39, 0.29) is 10.6 Å². The topological polar surface area (TPSA) is 78.4 Å². The Morgan fingerprint density at radius 1 is 1.19 bits per heavy atom. The number of para-hydroxylation sites is 1. The summed E-state index contributed by atoms with van der Waals surface area (Å²) in [5.41, 5.74) is 1.37. The van der Waals surface area contributed by atoms with Crippen LogP contribution in [0.25, 0.3) is 0 Å². The molecule has 0 atom stereocenters. The van der Waals surface area contributed by atoms with Crippen LogP contribution in [-0.2, 0) is 16.6 Å². The van der Waals surface area contributed by atoms with E-state index in [9.17, 15) is 13.5 Å². The van der Waals surface area contributed by atoms with E-state index >= 15 is 0 Å². The first-order chi connectivity index (χ1) is 9.94. The van der Waals surface area contributed by atoms with Crippen LogP contribution >= 0.6 is 15.9 Å². The fourth-order valence-corrected chi connectivity index (χ4v) is 2.97. The molecular formula is C14H15BrN2O3S. The Balaban J connectivity index is 2.18. The third-order valence-electron chi connectivity index (χ3n) is 2.97. The zero-order valence-electron chi connectivity index (χ0n) is 11.3. The number of benzene rings is 2. The highest BCUT2D eigenvalue weighted by atomic mass is 79.9. The van der Waals surface area contributed by atoms with Crippen LogP contribution in [0, 0.1) is 0 Å². The monoisotopic (exact) mass is 370 g/mol. The smallest absolute Gasteiger partial charge is 0.240 e. The highest BCUT2D eigenvalue weighted by molar-refractivity contribution is 9.10. The number of halogens is 1. The SMILES string of the molecule is CNS(=O)(=O)c1cccc(NCc2cccc(Br)c2O)c1. The molecule has 0 radical (unpaired) electrons. The number of anilines is 1. The first-order valence-electron chi connectivity index (χ1n) is 6.18. The Labute approximate surface area is 132 Å². The minimum absolute atomic E-state index is 0.170. The van der Waals surface area contributed by atoms with Crippen molar-refractivity contribution >= 4 is 31.6 Å². The maximum atomic E-state index is 11.7. The normalized spacial score (nSPS) is 11.3. The van der Waals surface area contributed by atoms with Gasteiger partial charge in [0, 0.05) is 17.8 Å². The van der Waals surface area contributed by atoms with Gasteiger partial charge in [0.05, 0.1) is 9.37 Å². The summed E-state index contributed by atoms with van der Waals surface area (Å²) in [6.07, 6.45) is 0. The van der Waals surface area contributed by atoms with Crippen LogP contribution in [0.5, 0.6) is 5.75 Å². The van der Waals surface area contributed by atoms with Crippen molar-refractivity contribution in [3.05, 3.63) is 52.5 Å². The maximum Gasteiger partial charge on any atom is 0.240 e. The molecule has 3 N–H and O–H groups in total. The molecule has 0 aliphatic rings. The van der Waals surface area contributed by atoms with Crippen molar-refractivity contribution in [1.82, 2.24) is 4.72 Å². The Hall–Kier alpha value is -1.57. The van der Waals surface area contributed by atoms with Gasteiger partial charge >= 0.3 is 0 Å². The summed E-state index contributed by atoms with van der Waals surface area (Å²) in [4.78, 5) is 0.188. The molecule has 0 fully saturated rings. The lowest BCUT2D eigenvalue weighted by molar-refractivity contribution is 0.465. The van der Waals surface area contributed by atoms with E-state index in [0.29, 0.717) is 22.3 Å². The van der Waals surface area contributed by atoms with E-state index in [1.165, 1.54) is 13.1 Å². The van der Waals surface area contributed by atoms with Crippen molar-refractivity contribution < 1.29 is 13.5 Å². The zero-order chi connectivity index (χ0) is 15.5. The number of hydrogen-bond acceptors (Lipinski definition) is 4. The largest absolute Gasteiger partial charge is 0.506 e. The Morgan fingerprint density at radius 2 is 1.90 bits per heavy atom. The van der Waals surface area contributed by atoms with E-state index < -0.39 is 10.0 Å². The van der Waals surface area contributed by atoms with Gasteiger partial charge in [-0.25, -0.2) is 13.1 Å². The summed E-state index contributed by atoms with van der Waals surface area (Å²) in [5, 5.41) is 13.0. The summed E-state index contributed by atoms with van der Waals surface area (Å²) >= 11 is 3.25. The van der Waals surface area contributed by atoms with E-state index in [1.54, 1.807) is 30.3 Å². The van der Waals surface area contributed by atoms with Gasteiger partial charge in [0.15, 0.2) is 0 Å². The molecule has 7 heteroatoms. The molecule has 2 rings (SSSR count). The van der Waals surface area contributed by atoms with E-state index in [4.69, 9.17) is 0 Å². The predicted molar refractivity (Wildman–Crippen MR) is 85.8 cm³/mol. The van der Waals surface area contributed by atoms with E-state index in [2.05, 4.69) is 26.0 Å². The second kappa shape index (κ2) is 6.46. The molecule has 0 spiro atoms. The van der Waals surface area contributed by atoms with Crippen LogP contribution in [0.3, 0.4) is 0 Å². The lowest BCUT2D eigenvalue weighted by atomic mass is 10.2. The standard InChI is InChI=1S/C14H15BrN2O3S/c1-16-21(19,20)12-6-3-5-11(8-12)17-9-10-4-2-7-13(15)14(10)18/h2-8,16-18H,9H2,1H3. The van der Waals surface area contributed by atoms with Gasteiger partial charge in [-0.3, -0.25) is 0 Å². The number of rotatable bonds is 5. The van der Waals surface area contributed by atoms with Crippen LogP contribution in [0.1, 0.15) is 5.56 Å². The van der Waals surface area contributed by atoms with Crippen molar-refractivity contribution in [2.45, 2.75) is 11.4 Å². The Morgan fingerprint density at radius 3 is 2.62 bits per heavy atom. The minimum Gasteiger partial charge on any atom is -0.506 e. The number of phenolic OH excluding ortho intramolecular Hbond substituents is 1. The van der Waals surface area contributed by atoms with Crippen molar-refractivity contribution in [2.24, 2.45) is 0 Å². The second-order valence-electron chi connectivity index (χ2n) is 4.34. The van der Waals surface area contributed by atoms with E-state index in [1.807, 2.05) is 6.07 Å². The molecule has 0 bridgehead atoms. The molecule has 0 aliphatic carbocycles. The number of phenols is 1. The van der Waals surface area contributed by atoms with Crippen molar-refractivity contribution in [1.29, 1.82) is 0 Å². The Bertz CT molecular complexity index is 748. The third kappa shape index (κ3) is 3.75. The lowest BCUT2D eigenvalue weighted by Gasteiger charge is -2.10. The van der Waals surface area contributed by atoms with Gasteiger partial charge in [0.2, 0.25) is 10.0 Å². The molecule has 0 aromatic heterocycles. The van der Waals surface area contributed by atoms with Crippen LogP contribution in [-0.4, -0.2) is 20.6 Å². The van der Waals surface area contributed by atoms with Crippen molar-refractivity contribution in [2.75, 3.05) is 12.4 Å². The lowest BCUT2D eigenvalue weighted by Crippen LogP contribution is -2.18. The Kier molecular flexibility index (Phi) is 4.87. The van der Waals surface area contributed by atoms with E-state index in [0.717, 1.165) is 0 Å². The molecule has 0 unspecified atom stereocenters. The van der Waals surface area contributed by atoms with Gasteiger partial charge in [-0.15, -0.1) is 0 Å². The summed E-state index contributed by atoms with van der Waals surface area (Å²) < 4.78 is 26.4. The number of hydrogen-bond donors (Lipinski definition) is 3. The summed E-state index contributed by atoms with van der Waals surface area (Å²) in [6, 6.07) is 11.9. The predicted octanol–water partition coefficient (Wildman–Crippen LogP) is 2.67. The molecule has 0 saturated carbocycles. The molecule has 2 aromatic rings. The fraction of sp³-hybridized carbons (Fsp3) is 0.143.